The monoisotopic (exact) mass is 355 g/mol. The quantitative estimate of drug-likeness (QED) is 0.537. The summed E-state index contributed by atoms with van der Waals surface area (Å²) < 4.78 is 4.06. The normalized spacial score (nSPS) is 11.4. The second-order valence-electron chi connectivity index (χ2n) is 6.46. The minimum absolute atomic E-state index is 0.457. The summed E-state index contributed by atoms with van der Waals surface area (Å²) in [6.45, 7) is 2.50. The van der Waals surface area contributed by atoms with Crippen molar-refractivity contribution >= 4 is 22.4 Å². The zero-order valence-corrected chi connectivity index (χ0v) is 14.7. The number of aromatic nitrogens is 6. The molecular weight excluding hydrogens is 338 g/mol. The second-order valence-corrected chi connectivity index (χ2v) is 6.46. The van der Waals surface area contributed by atoms with Gasteiger partial charge in [0, 0.05) is 35.2 Å². The molecule has 5 aromatic rings. The van der Waals surface area contributed by atoms with Gasteiger partial charge in [-0.1, -0.05) is 6.07 Å². The fourth-order valence-electron chi connectivity index (χ4n) is 3.61. The van der Waals surface area contributed by atoms with Crippen LogP contribution in [-0.4, -0.2) is 29.1 Å². The van der Waals surface area contributed by atoms with Crippen molar-refractivity contribution in [2.75, 3.05) is 5.73 Å². The van der Waals surface area contributed by atoms with Gasteiger partial charge in [0.25, 0.3) is 0 Å². The molecule has 0 bridgehead atoms. The molecule has 0 radical (unpaired) electrons. The van der Waals surface area contributed by atoms with E-state index >= 15 is 0 Å². The number of pyridine rings is 2. The molecule has 7 nitrogen and oxygen atoms in total. The van der Waals surface area contributed by atoms with E-state index in [-0.39, 0.29) is 0 Å². The zero-order chi connectivity index (χ0) is 18.4. The molecular formula is C20H17N7. The molecule has 7 heteroatoms. The van der Waals surface area contributed by atoms with Gasteiger partial charge in [-0.3, -0.25) is 4.98 Å². The Kier molecular flexibility index (Phi) is 3.39. The molecule has 0 atom stereocenters. The van der Waals surface area contributed by atoms with Gasteiger partial charge in [-0.2, -0.15) is 5.10 Å². The van der Waals surface area contributed by atoms with Gasteiger partial charge >= 0.3 is 0 Å². The summed E-state index contributed by atoms with van der Waals surface area (Å²) in [4.78, 5) is 12.8. The minimum Gasteiger partial charge on any atom is -0.383 e. The highest BCUT2D eigenvalue weighted by molar-refractivity contribution is 5.88. The number of fused-ring (bicyclic) bond motifs is 2. The molecule has 0 aliphatic rings. The molecule has 0 saturated heterocycles. The molecule has 0 aliphatic heterocycles. The van der Waals surface area contributed by atoms with Crippen LogP contribution in [0.15, 0.2) is 61.3 Å². The summed E-state index contributed by atoms with van der Waals surface area (Å²) in [5, 5.41) is 5.47. The van der Waals surface area contributed by atoms with Crippen molar-refractivity contribution < 1.29 is 0 Å². The first-order valence-electron chi connectivity index (χ1n) is 8.65. The molecule has 0 unspecified atom stereocenters. The van der Waals surface area contributed by atoms with Crippen LogP contribution in [0.3, 0.4) is 0 Å². The molecule has 0 spiro atoms. The number of aryl methyl sites for hydroxylation is 1. The van der Waals surface area contributed by atoms with Crippen LogP contribution >= 0.6 is 0 Å². The van der Waals surface area contributed by atoms with Crippen LogP contribution in [-0.2, 0) is 6.54 Å². The molecule has 27 heavy (non-hydrogen) atoms. The number of hydrogen-bond donors (Lipinski definition) is 1. The molecule has 0 aromatic carbocycles. The fraction of sp³-hybridized carbons (Fsp3) is 0.100. The van der Waals surface area contributed by atoms with E-state index in [1.165, 1.54) is 6.33 Å². The Morgan fingerprint density at radius 1 is 1.11 bits per heavy atom. The molecule has 2 N–H and O–H groups in total. The SMILES string of the molecule is Cc1nn(Cc2cc3ccccn3c2-c2cccnc2)c2ncnc(N)c12. The minimum atomic E-state index is 0.457. The first-order valence-corrected chi connectivity index (χ1v) is 8.65. The van der Waals surface area contributed by atoms with Gasteiger partial charge in [0.1, 0.15) is 12.1 Å². The van der Waals surface area contributed by atoms with E-state index < -0.39 is 0 Å². The number of nitrogen functional groups attached to an aromatic ring is 1. The van der Waals surface area contributed by atoms with Crippen molar-refractivity contribution in [2.45, 2.75) is 13.5 Å². The number of hydrogen-bond acceptors (Lipinski definition) is 5. The number of nitrogens with two attached hydrogens (primary N) is 1. The molecule has 5 aromatic heterocycles. The maximum absolute atomic E-state index is 6.03. The largest absolute Gasteiger partial charge is 0.383 e. The maximum Gasteiger partial charge on any atom is 0.163 e. The Balaban J connectivity index is 1.72. The topological polar surface area (TPSA) is 86.9 Å². The van der Waals surface area contributed by atoms with Gasteiger partial charge < -0.3 is 10.1 Å². The number of nitrogens with zero attached hydrogens (tertiary/aromatic N) is 6. The third-order valence-corrected chi connectivity index (χ3v) is 4.75. The van der Waals surface area contributed by atoms with Crippen LogP contribution in [0.4, 0.5) is 5.82 Å². The van der Waals surface area contributed by atoms with Crippen LogP contribution < -0.4 is 5.73 Å². The summed E-state index contributed by atoms with van der Waals surface area (Å²) in [5.41, 5.74) is 12.0. The first kappa shape index (κ1) is 15.5. The van der Waals surface area contributed by atoms with Crippen molar-refractivity contribution in [2.24, 2.45) is 0 Å². The van der Waals surface area contributed by atoms with E-state index in [1.54, 1.807) is 6.20 Å². The van der Waals surface area contributed by atoms with Crippen molar-refractivity contribution in [3.05, 3.63) is 72.6 Å². The average molecular weight is 355 g/mol. The highest BCUT2D eigenvalue weighted by atomic mass is 15.3. The van der Waals surface area contributed by atoms with E-state index in [2.05, 4.69) is 48.8 Å². The van der Waals surface area contributed by atoms with Gasteiger partial charge in [0.2, 0.25) is 0 Å². The second kappa shape index (κ2) is 5.91. The summed E-state index contributed by atoms with van der Waals surface area (Å²) in [6.07, 6.45) is 7.20. The van der Waals surface area contributed by atoms with E-state index in [1.807, 2.05) is 36.0 Å². The standard InChI is InChI=1S/C20H17N7/c1-13-17-19(21)23-12-24-20(17)27(25-13)11-15-9-16-6-2-3-8-26(16)18(15)14-5-4-7-22-10-14/h2-10,12H,11H2,1H3,(H2,21,23,24). The lowest BCUT2D eigenvalue weighted by Crippen LogP contribution is -2.04. The Bertz CT molecular complexity index is 1270. The predicted molar refractivity (Wildman–Crippen MR) is 104 cm³/mol. The third-order valence-electron chi connectivity index (χ3n) is 4.75. The van der Waals surface area contributed by atoms with E-state index in [0.717, 1.165) is 39.1 Å². The summed E-state index contributed by atoms with van der Waals surface area (Å²) >= 11 is 0. The molecule has 0 fully saturated rings. The molecule has 5 rings (SSSR count). The molecule has 5 heterocycles. The smallest absolute Gasteiger partial charge is 0.163 e. The Morgan fingerprint density at radius 3 is 2.89 bits per heavy atom. The van der Waals surface area contributed by atoms with Gasteiger partial charge in [-0.25, -0.2) is 14.6 Å². The van der Waals surface area contributed by atoms with E-state index in [0.29, 0.717) is 12.4 Å². The van der Waals surface area contributed by atoms with E-state index in [9.17, 15) is 0 Å². The first-order chi connectivity index (χ1) is 13.2. The van der Waals surface area contributed by atoms with Crippen LogP contribution in [0.2, 0.25) is 0 Å². The Morgan fingerprint density at radius 2 is 2.04 bits per heavy atom. The highest BCUT2D eigenvalue weighted by Gasteiger charge is 2.17. The zero-order valence-electron chi connectivity index (χ0n) is 14.7. The Labute approximate surface area is 155 Å². The third kappa shape index (κ3) is 2.43. The van der Waals surface area contributed by atoms with E-state index in [4.69, 9.17) is 5.73 Å². The lowest BCUT2D eigenvalue weighted by Gasteiger charge is -2.08. The highest BCUT2D eigenvalue weighted by Crippen LogP contribution is 2.29. The maximum atomic E-state index is 6.03. The van der Waals surface area contributed by atoms with Crippen LogP contribution in [0, 0.1) is 6.92 Å². The van der Waals surface area contributed by atoms with Crippen molar-refractivity contribution in [1.29, 1.82) is 0 Å². The van der Waals surface area contributed by atoms with Gasteiger partial charge in [0.05, 0.1) is 23.3 Å². The molecule has 0 aliphatic carbocycles. The van der Waals surface area contributed by atoms with Crippen molar-refractivity contribution in [1.82, 2.24) is 29.1 Å². The number of anilines is 1. The average Bonchev–Trinajstić information content (AvgIpc) is 3.21. The molecule has 0 amide bonds. The molecule has 132 valence electrons. The van der Waals surface area contributed by atoms with Gasteiger partial charge in [-0.05, 0) is 37.3 Å². The lowest BCUT2D eigenvalue weighted by atomic mass is 10.1. The predicted octanol–water partition coefficient (Wildman–Crippen LogP) is 3.08. The molecule has 0 saturated carbocycles. The van der Waals surface area contributed by atoms with Crippen LogP contribution in [0.5, 0.6) is 0 Å². The number of rotatable bonds is 3. The fourth-order valence-corrected chi connectivity index (χ4v) is 3.61. The summed E-state index contributed by atoms with van der Waals surface area (Å²) in [5.74, 6) is 0.457. The van der Waals surface area contributed by atoms with Crippen molar-refractivity contribution in [3.63, 3.8) is 0 Å². The summed E-state index contributed by atoms with van der Waals surface area (Å²) in [6, 6.07) is 12.3. The van der Waals surface area contributed by atoms with Gasteiger partial charge in [0.15, 0.2) is 5.65 Å². The van der Waals surface area contributed by atoms with Gasteiger partial charge in [-0.15, -0.1) is 0 Å². The van der Waals surface area contributed by atoms with Crippen LogP contribution in [0.25, 0.3) is 27.8 Å². The summed E-state index contributed by atoms with van der Waals surface area (Å²) in [7, 11) is 0. The lowest BCUT2D eigenvalue weighted by molar-refractivity contribution is 0.696. The Hall–Kier alpha value is -3.74. The van der Waals surface area contributed by atoms with Crippen LogP contribution in [0.1, 0.15) is 11.3 Å². The van der Waals surface area contributed by atoms with Crippen molar-refractivity contribution in [3.8, 4) is 11.3 Å².